The van der Waals surface area contributed by atoms with Crippen LogP contribution in [-0.2, 0) is 0 Å². The molecule has 54 valence electrons. The maximum atomic E-state index is 10.3. The molecule has 1 heterocycles. The van der Waals surface area contributed by atoms with Crippen LogP contribution in [0.15, 0.2) is 10.5 Å². The topological polar surface area (TPSA) is 50.2 Å². The van der Waals surface area contributed by atoms with E-state index in [1.54, 1.807) is 0 Å². The summed E-state index contributed by atoms with van der Waals surface area (Å²) < 4.78 is 0.789. The van der Waals surface area contributed by atoms with Gasteiger partial charge in [-0.2, -0.15) is 0 Å². The highest BCUT2D eigenvalue weighted by Gasteiger charge is 2.06. The largest absolute Gasteiger partial charge is 0.477 e. The van der Waals surface area contributed by atoms with E-state index in [-0.39, 0.29) is 0 Å². The molecule has 1 aromatic rings. The summed E-state index contributed by atoms with van der Waals surface area (Å²) in [5.74, 6) is -0.905. The van der Waals surface area contributed by atoms with Crippen LogP contribution in [0.4, 0.5) is 0 Å². The van der Waals surface area contributed by atoms with Crippen LogP contribution in [0.2, 0.25) is 0 Å². The maximum Gasteiger partial charge on any atom is 0.347 e. The van der Waals surface area contributed by atoms with Gasteiger partial charge in [0, 0.05) is 0 Å². The number of carbonyl (C=O) groups is 1. The SMILES string of the molecule is CSc1ncc(C(=O)O)s1. The van der Waals surface area contributed by atoms with Crippen LogP contribution in [-0.4, -0.2) is 22.3 Å². The normalized spacial score (nSPS) is 9.70. The fourth-order valence-electron chi connectivity index (χ4n) is 0.451. The molecule has 1 rings (SSSR count). The van der Waals surface area contributed by atoms with E-state index < -0.39 is 5.97 Å². The predicted octanol–water partition coefficient (Wildman–Crippen LogP) is 1.56. The van der Waals surface area contributed by atoms with Gasteiger partial charge in [-0.1, -0.05) is 11.8 Å². The molecule has 0 amide bonds. The Morgan fingerprint density at radius 1 is 1.90 bits per heavy atom. The number of nitrogens with zero attached hydrogens (tertiary/aromatic N) is 1. The Labute approximate surface area is 66.1 Å². The van der Waals surface area contributed by atoms with Gasteiger partial charge in [0.05, 0.1) is 6.20 Å². The van der Waals surface area contributed by atoms with E-state index >= 15 is 0 Å². The standard InChI is InChI=1S/C5H5NO2S2/c1-9-5-6-2-3(10-5)4(7)8/h2H,1H3,(H,7,8). The van der Waals surface area contributed by atoms with E-state index in [4.69, 9.17) is 5.11 Å². The smallest absolute Gasteiger partial charge is 0.347 e. The third-order valence-corrected chi connectivity index (χ3v) is 2.85. The van der Waals surface area contributed by atoms with Crippen molar-refractivity contribution < 1.29 is 9.90 Å². The van der Waals surface area contributed by atoms with Crippen LogP contribution in [0, 0.1) is 0 Å². The van der Waals surface area contributed by atoms with Gasteiger partial charge in [0.15, 0.2) is 0 Å². The van der Waals surface area contributed by atoms with E-state index in [9.17, 15) is 4.79 Å². The lowest BCUT2D eigenvalue weighted by atomic mass is 10.6. The molecular formula is C5H5NO2S2. The van der Waals surface area contributed by atoms with Gasteiger partial charge in [0.1, 0.15) is 9.22 Å². The third kappa shape index (κ3) is 1.48. The average Bonchev–Trinajstić information content (AvgIpc) is 2.34. The molecule has 5 heteroatoms. The number of rotatable bonds is 2. The van der Waals surface area contributed by atoms with E-state index in [1.165, 1.54) is 29.3 Å². The number of thiazole rings is 1. The number of hydrogen-bond donors (Lipinski definition) is 1. The molecule has 0 aliphatic rings. The highest BCUT2D eigenvalue weighted by molar-refractivity contribution is 8.00. The molecule has 1 N–H and O–H groups in total. The summed E-state index contributed by atoms with van der Waals surface area (Å²) in [5, 5.41) is 8.45. The van der Waals surface area contributed by atoms with Crippen molar-refractivity contribution in [2.45, 2.75) is 4.34 Å². The van der Waals surface area contributed by atoms with Crippen LogP contribution in [0.1, 0.15) is 9.67 Å². The first-order chi connectivity index (χ1) is 4.74. The quantitative estimate of drug-likeness (QED) is 0.693. The highest BCUT2D eigenvalue weighted by Crippen LogP contribution is 2.21. The lowest BCUT2D eigenvalue weighted by Crippen LogP contribution is -1.89. The zero-order valence-electron chi connectivity index (χ0n) is 5.20. The van der Waals surface area contributed by atoms with E-state index in [1.807, 2.05) is 6.26 Å². The van der Waals surface area contributed by atoms with E-state index in [0.29, 0.717) is 4.88 Å². The van der Waals surface area contributed by atoms with E-state index in [2.05, 4.69) is 4.98 Å². The Hall–Kier alpha value is -0.550. The van der Waals surface area contributed by atoms with Crippen molar-refractivity contribution in [1.82, 2.24) is 4.98 Å². The van der Waals surface area contributed by atoms with Crippen molar-refractivity contribution >= 4 is 29.1 Å². The second-order valence-electron chi connectivity index (χ2n) is 1.50. The molecule has 0 bridgehead atoms. The van der Waals surface area contributed by atoms with Crippen LogP contribution in [0.5, 0.6) is 0 Å². The van der Waals surface area contributed by atoms with Gasteiger partial charge in [0.25, 0.3) is 0 Å². The third-order valence-electron chi connectivity index (χ3n) is 0.870. The molecule has 0 saturated carbocycles. The molecule has 0 fully saturated rings. The minimum absolute atomic E-state index is 0.296. The number of aromatic nitrogens is 1. The molecule has 0 radical (unpaired) electrons. The summed E-state index contributed by atoms with van der Waals surface area (Å²) in [7, 11) is 0. The van der Waals surface area contributed by atoms with Crippen molar-refractivity contribution in [2.75, 3.05) is 6.26 Å². The number of carboxylic acids is 1. The second kappa shape index (κ2) is 3.03. The van der Waals surface area contributed by atoms with E-state index in [0.717, 1.165) is 4.34 Å². The van der Waals surface area contributed by atoms with Gasteiger partial charge in [0.2, 0.25) is 0 Å². The first-order valence-corrected chi connectivity index (χ1v) is 4.51. The van der Waals surface area contributed by atoms with Gasteiger partial charge in [-0.3, -0.25) is 0 Å². The molecule has 3 nitrogen and oxygen atoms in total. The Morgan fingerprint density at radius 2 is 2.60 bits per heavy atom. The number of carboxylic acid groups (broad SMARTS) is 1. The molecule has 0 atom stereocenters. The second-order valence-corrected chi connectivity index (χ2v) is 3.58. The first-order valence-electron chi connectivity index (χ1n) is 2.47. The fraction of sp³-hybridized carbons (Fsp3) is 0.200. The first kappa shape index (κ1) is 7.56. The fourth-order valence-corrected chi connectivity index (χ4v) is 1.70. The summed E-state index contributed by atoms with van der Waals surface area (Å²) in [5.41, 5.74) is 0. The Bertz CT molecular complexity index is 246. The minimum atomic E-state index is -0.905. The van der Waals surface area contributed by atoms with Crippen molar-refractivity contribution in [1.29, 1.82) is 0 Å². The molecule has 0 unspecified atom stereocenters. The van der Waals surface area contributed by atoms with Crippen molar-refractivity contribution in [3.63, 3.8) is 0 Å². The minimum Gasteiger partial charge on any atom is -0.477 e. The summed E-state index contributed by atoms with van der Waals surface area (Å²) in [4.78, 5) is 14.4. The lowest BCUT2D eigenvalue weighted by Gasteiger charge is -1.80. The summed E-state index contributed by atoms with van der Waals surface area (Å²) in [6.45, 7) is 0. The zero-order chi connectivity index (χ0) is 7.56. The molecule has 0 spiro atoms. The maximum absolute atomic E-state index is 10.3. The van der Waals surface area contributed by atoms with Crippen LogP contribution < -0.4 is 0 Å². The number of aromatic carboxylic acids is 1. The average molecular weight is 175 g/mol. The molecule has 1 aromatic heterocycles. The van der Waals surface area contributed by atoms with Crippen molar-refractivity contribution in [3.05, 3.63) is 11.1 Å². The number of hydrogen-bond acceptors (Lipinski definition) is 4. The van der Waals surface area contributed by atoms with Crippen molar-refractivity contribution in [2.24, 2.45) is 0 Å². The summed E-state index contributed by atoms with van der Waals surface area (Å²) >= 11 is 2.64. The Kier molecular flexibility index (Phi) is 2.29. The van der Waals surface area contributed by atoms with Gasteiger partial charge >= 0.3 is 5.97 Å². The summed E-state index contributed by atoms with van der Waals surface area (Å²) in [6.07, 6.45) is 3.24. The molecule has 0 aromatic carbocycles. The molecular weight excluding hydrogens is 170 g/mol. The van der Waals surface area contributed by atoms with Crippen LogP contribution in [0.3, 0.4) is 0 Å². The zero-order valence-corrected chi connectivity index (χ0v) is 6.83. The van der Waals surface area contributed by atoms with Gasteiger partial charge in [-0.05, 0) is 6.26 Å². The lowest BCUT2D eigenvalue weighted by molar-refractivity contribution is 0.0702. The predicted molar refractivity (Wildman–Crippen MR) is 40.9 cm³/mol. The summed E-state index contributed by atoms with van der Waals surface area (Å²) in [6, 6.07) is 0. The van der Waals surface area contributed by atoms with Crippen molar-refractivity contribution in [3.8, 4) is 0 Å². The van der Waals surface area contributed by atoms with Gasteiger partial charge in [-0.15, -0.1) is 11.3 Å². The molecule has 0 aliphatic heterocycles. The molecule has 0 saturated heterocycles. The van der Waals surface area contributed by atoms with Gasteiger partial charge in [-0.25, -0.2) is 9.78 Å². The highest BCUT2D eigenvalue weighted by atomic mass is 32.2. The van der Waals surface area contributed by atoms with Gasteiger partial charge < -0.3 is 5.11 Å². The molecule has 0 aliphatic carbocycles. The molecule has 10 heavy (non-hydrogen) atoms. The monoisotopic (exact) mass is 175 g/mol. The van der Waals surface area contributed by atoms with Crippen LogP contribution in [0.25, 0.3) is 0 Å². The van der Waals surface area contributed by atoms with Crippen LogP contribution >= 0.6 is 23.1 Å². The number of thioether (sulfide) groups is 1. The Morgan fingerprint density at radius 3 is 2.90 bits per heavy atom. The Balaban J connectivity index is 2.88.